The molecular weight excluding hydrogens is 546 g/mol. The molecule has 0 spiro atoms. The Hall–Kier alpha value is 0.405. The molecule has 198 valence electrons. The summed E-state index contributed by atoms with van der Waals surface area (Å²) in [6, 6.07) is -2.77. The summed E-state index contributed by atoms with van der Waals surface area (Å²) in [5.74, 6) is 0. The minimum atomic E-state index is -4.77. The van der Waals surface area contributed by atoms with Gasteiger partial charge in [-0.25, -0.2) is 13.7 Å². The van der Waals surface area contributed by atoms with Crippen molar-refractivity contribution in [3.63, 3.8) is 0 Å². The molecule has 3 N–H and O–H groups in total. The van der Waals surface area contributed by atoms with Gasteiger partial charge in [0.05, 0.1) is 38.1 Å². The van der Waals surface area contributed by atoms with Crippen LogP contribution in [0, 0.1) is 0 Å². The monoisotopic (exact) mass is 570 g/mol. The molecule has 4 aliphatic rings. The summed E-state index contributed by atoms with van der Waals surface area (Å²) in [5.41, 5.74) is 0. The predicted molar refractivity (Wildman–Crippen MR) is 119 cm³/mol. The fourth-order valence-corrected chi connectivity index (χ4v) is 7.01. The number of phosphoric ester groups is 3. The van der Waals surface area contributed by atoms with Crippen LogP contribution in [0.2, 0.25) is 0 Å². The van der Waals surface area contributed by atoms with Gasteiger partial charge in [-0.3, -0.25) is 27.1 Å². The zero-order valence-electron chi connectivity index (χ0n) is 18.8. The van der Waals surface area contributed by atoms with Crippen molar-refractivity contribution in [2.75, 3.05) is 19.8 Å². The quantitative estimate of drug-likeness (QED) is 0.246. The highest BCUT2D eigenvalue weighted by Gasteiger charge is 2.46. The molecule has 21 heteroatoms. The first-order chi connectivity index (χ1) is 16.7. The Morgan fingerprint density at radius 3 is 1.00 bits per heavy atom. The molecule has 0 aromatic rings. The second-order valence-corrected chi connectivity index (χ2v) is 12.8. The zero-order valence-corrected chi connectivity index (χ0v) is 21.4. The number of ether oxygens (including phenoxy) is 3. The van der Waals surface area contributed by atoms with Crippen LogP contribution in [-0.2, 0) is 55.0 Å². The van der Waals surface area contributed by atoms with Gasteiger partial charge in [0.1, 0.15) is 41.9 Å². The molecule has 36 heavy (non-hydrogen) atoms. The van der Waals surface area contributed by atoms with Crippen LogP contribution >= 0.6 is 23.5 Å². The van der Waals surface area contributed by atoms with E-state index in [0.717, 1.165) is 0 Å². The molecule has 4 fully saturated rings. The van der Waals surface area contributed by atoms with Gasteiger partial charge in [0.25, 0.3) is 0 Å². The first kappa shape index (κ1) is 29.4. The lowest BCUT2D eigenvalue weighted by Crippen LogP contribution is -2.32. The third-order valence-corrected chi connectivity index (χ3v) is 8.74. The molecule has 6 radical (unpaired) electrons. The molecule has 0 saturated carbocycles. The van der Waals surface area contributed by atoms with E-state index < -0.39 is 97.9 Å². The van der Waals surface area contributed by atoms with Gasteiger partial charge in [-0.05, 0) is 19.3 Å². The molecule has 15 nitrogen and oxygen atoms in total. The highest BCUT2D eigenvalue weighted by atomic mass is 31.2. The molecule has 4 saturated heterocycles. The average Bonchev–Trinajstić information content (AvgIpc) is 3.38. The summed E-state index contributed by atoms with van der Waals surface area (Å²) >= 11 is 0. The Kier molecular flexibility index (Phi) is 9.38. The Morgan fingerprint density at radius 1 is 0.500 bits per heavy atom. The molecule has 12 atom stereocenters. The summed E-state index contributed by atoms with van der Waals surface area (Å²) < 4.78 is 84.1. The van der Waals surface area contributed by atoms with Crippen LogP contribution in [0.1, 0.15) is 19.3 Å². The van der Waals surface area contributed by atoms with Gasteiger partial charge in [0.15, 0.2) is 0 Å². The Bertz CT molecular complexity index is 816. The molecule has 0 aromatic heterocycles. The van der Waals surface area contributed by atoms with Gasteiger partial charge in [0.2, 0.25) is 0 Å². The van der Waals surface area contributed by atoms with Crippen LogP contribution in [-0.4, -0.2) is 113 Å². The summed E-state index contributed by atoms with van der Waals surface area (Å²) in [5, 5.41) is 0. The fourth-order valence-electron chi connectivity index (χ4n) is 4.13. The maximum absolute atomic E-state index is 12.5. The van der Waals surface area contributed by atoms with Crippen molar-refractivity contribution in [2.45, 2.75) is 73.9 Å². The van der Waals surface area contributed by atoms with Crippen molar-refractivity contribution in [3.8, 4) is 0 Å². The van der Waals surface area contributed by atoms with Crippen LogP contribution in [0.15, 0.2) is 0 Å². The third-order valence-electron chi connectivity index (χ3n) is 5.70. The van der Waals surface area contributed by atoms with Gasteiger partial charge in [-0.15, -0.1) is 0 Å². The maximum Gasteiger partial charge on any atom is 0.472 e. The van der Waals surface area contributed by atoms with E-state index >= 15 is 0 Å². The van der Waals surface area contributed by atoms with E-state index in [9.17, 15) is 28.4 Å². The van der Waals surface area contributed by atoms with Crippen molar-refractivity contribution in [1.82, 2.24) is 0 Å². The van der Waals surface area contributed by atoms with Crippen molar-refractivity contribution in [1.29, 1.82) is 0 Å². The van der Waals surface area contributed by atoms with Crippen molar-refractivity contribution < 1.29 is 69.7 Å². The van der Waals surface area contributed by atoms with E-state index in [0.29, 0.717) is 0 Å². The second kappa shape index (κ2) is 11.5. The van der Waals surface area contributed by atoms with Gasteiger partial charge < -0.3 is 28.9 Å². The fraction of sp³-hybridized carbons (Fsp3) is 1.00. The minimum absolute atomic E-state index is 0.0620. The number of phosphoric acid groups is 3. The number of hydrogen-bond acceptors (Lipinski definition) is 12. The van der Waals surface area contributed by atoms with Crippen LogP contribution in [0.25, 0.3) is 0 Å². The van der Waals surface area contributed by atoms with Crippen molar-refractivity contribution >= 4 is 47.0 Å². The van der Waals surface area contributed by atoms with E-state index in [-0.39, 0.29) is 19.3 Å². The molecular formula is C15H24B3O15P3. The third kappa shape index (κ3) is 7.97. The smallest absolute Gasteiger partial charge is 0.380 e. The Balaban J connectivity index is 1.55. The van der Waals surface area contributed by atoms with E-state index in [1.165, 1.54) is 0 Å². The molecule has 0 aromatic carbocycles. The number of rotatable bonds is 0. The van der Waals surface area contributed by atoms with E-state index in [2.05, 4.69) is 0 Å². The molecule has 12 unspecified atom stereocenters. The van der Waals surface area contributed by atoms with E-state index in [1.54, 1.807) is 0 Å². The number of fused-ring (bicyclic) bond motifs is 3. The lowest BCUT2D eigenvalue weighted by Gasteiger charge is -2.27. The van der Waals surface area contributed by atoms with Gasteiger partial charge in [0, 0.05) is 18.0 Å². The highest BCUT2D eigenvalue weighted by Crippen LogP contribution is 2.52. The average molecular weight is 570 g/mol. The van der Waals surface area contributed by atoms with Crippen LogP contribution in [0.3, 0.4) is 0 Å². The first-order valence-electron chi connectivity index (χ1n) is 10.9. The summed E-state index contributed by atoms with van der Waals surface area (Å²) in [6.45, 7) is -1.81. The second-order valence-electron chi connectivity index (χ2n) is 8.57. The highest BCUT2D eigenvalue weighted by molar-refractivity contribution is 7.48. The largest absolute Gasteiger partial charge is 0.472 e. The standard InChI is InChI=1S/C15H24B3O15P3/c16-13-1-7-10(28-13)4-25-35(21,22)32-9-3-15(18)30-12(9)6-27-36(23,24)33-8-2-14(17)29-11(8)5-26-34(19,20)31-7/h7-15H,1-6H2,(H,19,20)(H,21,22)(H,23,24). The minimum Gasteiger partial charge on any atom is -0.380 e. The molecule has 4 heterocycles. The summed E-state index contributed by atoms with van der Waals surface area (Å²) in [7, 11) is 2.89. The molecule has 0 aliphatic carbocycles. The molecule has 4 aliphatic heterocycles. The zero-order chi connectivity index (χ0) is 26.3. The molecule has 4 rings (SSSR count). The molecule has 0 amide bonds. The summed E-state index contributed by atoms with van der Waals surface area (Å²) in [4.78, 5) is 30.5. The first-order valence-corrected chi connectivity index (χ1v) is 15.4. The van der Waals surface area contributed by atoms with Crippen LogP contribution in [0.5, 0.6) is 0 Å². The molecule has 0 bridgehead atoms. The lowest BCUT2D eigenvalue weighted by atomic mass is 9.96. The van der Waals surface area contributed by atoms with E-state index in [1.807, 2.05) is 0 Å². The Labute approximate surface area is 210 Å². The van der Waals surface area contributed by atoms with Gasteiger partial charge >= 0.3 is 23.5 Å². The van der Waals surface area contributed by atoms with E-state index in [4.69, 9.17) is 64.9 Å². The van der Waals surface area contributed by atoms with Gasteiger partial charge in [-0.2, -0.15) is 0 Å². The number of hydrogen-bond donors (Lipinski definition) is 3. The predicted octanol–water partition coefficient (Wildman–Crippen LogP) is -0.643. The summed E-state index contributed by atoms with van der Waals surface area (Å²) in [6.07, 6.45) is -7.03. The lowest BCUT2D eigenvalue weighted by molar-refractivity contribution is -0.0409. The van der Waals surface area contributed by atoms with Crippen molar-refractivity contribution in [2.24, 2.45) is 0 Å². The van der Waals surface area contributed by atoms with Crippen LogP contribution < -0.4 is 0 Å². The maximum atomic E-state index is 12.5. The van der Waals surface area contributed by atoms with Gasteiger partial charge in [-0.1, -0.05) is 0 Å². The topological polar surface area (TPSA) is 195 Å². The SMILES string of the molecule is [B]C1CC2OP(=O)(O)OCC3OC([B])CC3OP(=O)(O)OCC3OC([B])CC3OP(=O)(O)OCC2O1. The van der Waals surface area contributed by atoms with Crippen LogP contribution in [0.4, 0.5) is 0 Å². The Morgan fingerprint density at radius 2 is 0.750 bits per heavy atom. The van der Waals surface area contributed by atoms with Crippen molar-refractivity contribution in [3.05, 3.63) is 0 Å². The normalized spacial score (nSPS) is 53.6.